The molecule has 0 bridgehead atoms. The van der Waals surface area contributed by atoms with E-state index in [2.05, 4.69) is 5.32 Å². The predicted molar refractivity (Wildman–Crippen MR) is 127 cm³/mol. The van der Waals surface area contributed by atoms with Gasteiger partial charge in [0.05, 0.1) is 7.11 Å². The Morgan fingerprint density at radius 2 is 1.80 bits per heavy atom. The van der Waals surface area contributed by atoms with Crippen LogP contribution in [0.4, 0.5) is 0 Å². The van der Waals surface area contributed by atoms with Crippen LogP contribution >= 0.6 is 0 Å². The standard InChI is InChI=1S/C24H26N2O8S/c1-15(8-9-16-10-12-17(33-2)13-11-16)21(24(29)30)26-22(28)20(23(26)35(31)32)25-19(27)14-34-18-6-4-3-5-7-18/h3-8,10-13,20-21,23H,9,14H2,1-2H3,(H,25,27)(H,29,30)(H,31,32). The Balaban J connectivity index is 1.69. The highest BCUT2D eigenvalue weighted by Crippen LogP contribution is 2.29. The van der Waals surface area contributed by atoms with Crippen LogP contribution in [0.3, 0.4) is 0 Å². The first-order valence-corrected chi connectivity index (χ1v) is 11.8. The third-order valence-corrected chi connectivity index (χ3v) is 6.39. The molecule has 10 nitrogen and oxygen atoms in total. The molecule has 2 aromatic rings. The van der Waals surface area contributed by atoms with E-state index in [0.29, 0.717) is 23.5 Å². The number of rotatable bonds is 11. The number of carbonyl (C=O) groups excluding carboxylic acids is 2. The molecule has 1 saturated heterocycles. The molecular formula is C24H26N2O8S. The summed E-state index contributed by atoms with van der Waals surface area (Å²) in [6, 6.07) is 12.9. The van der Waals surface area contributed by atoms with Crippen LogP contribution in [-0.4, -0.2) is 67.7 Å². The van der Waals surface area contributed by atoms with Gasteiger partial charge in [0.2, 0.25) is 0 Å². The molecule has 2 aromatic carbocycles. The summed E-state index contributed by atoms with van der Waals surface area (Å²) < 4.78 is 32.2. The number of carboxylic acids is 1. The first-order valence-electron chi connectivity index (χ1n) is 10.6. The lowest BCUT2D eigenvalue weighted by Gasteiger charge is -2.47. The normalized spacial score (nSPS) is 19.3. The first kappa shape index (κ1) is 25.9. The van der Waals surface area contributed by atoms with Gasteiger partial charge in [0.15, 0.2) is 29.1 Å². The SMILES string of the molecule is COc1ccc(CC=C(C)C(C(=O)O)N2C(=O)C(NC(=O)COc3ccccc3)C2S(=O)O)cc1. The Kier molecular flexibility index (Phi) is 8.61. The van der Waals surface area contributed by atoms with Crippen molar-refractivity contribution in [1.29, 1.82) is 0 Å². The van der Waals surface area contributed by atoms with Crippen LogP contribution in [0.15, 0.2) is 66.2 Å². The molecule has 186 valence electrons. The molecule has 0 radical (unpaired) electrons. The molecule has 0 saturated carbocycles. The number of carbonyl (C=O) groups is 3. The van der Waals surface area contributed by atoms with E-state index in [1.54, 1.807) is 55.7 Å². The van der Waals surface area contributed by atoms with E-state index in [4.69, 9.17) is 9.47 Å². The maximum atomic E-state index is 12.8. The summed E-state index contributed by atoms with van der Waals surface area (Å²) in [6.07, 6.45) is 2.02. The van der Waals surface area contributed by atoms with Crippen LogP contribution in [0.2, 0.25) is 0 Å². The van der Waals surface area contributed by atoms with Gasteiger partial charge in [-0.25, -0.2) is 9.00 Å². The second kappa shape index (κ2) is 11.6. The molecular weight excluding hydrogens is 476 g/mol. The number of β-lactam (4-membered cyclic amide) rings is 1. The minimum Gasteiger partial charge on any atom is -0.497 e. The van der Waals surface area contributed by atoms with Crippen LogP contribution in [0.1, 0.15) is 12.5 Å². The predicted octanol–water partition coefficient (Wildman–Crippen LogP) is 1.59. The molecule has 1 heterocycles. The van der Waals surface area contributed by atoms with Crippen LogP contribution < -0.4 is 14.8 Å². The van der Waals surface area contributed by atoms with Crippen molar-refractivity contribution in [3.8, 4) is 11.5 Å². The van der Waals surface area contributed by atoms with Crippen LogP contribution in [0.5, 0.6) is 11.5 Å². The van der Waals surface area contributed by atoms with Crippen molar-refractivity contribution in [2.75, 3.05) is 13.7 Å². The minimum atomic E-state index is -2.61. The fourth-order valence-corrected chi connectivity index (χ4v) is 4.51. The van der Waals surface area contributed by atoms with Gasteiger partial charge in [-0.2, -0.15) is 0 Å². The number of nitrogens with one attached hydrogen (secondary N) is 1. The Labute approximate surface area is 204 Å². The lowest BCUT2D eigenvalue weighted by molar-refractivity contribution is -0.160. The zero-order valence-corrected chi connectivity index (χ0v) is 19.9. The quantitative estimate of drug-likeness (QED) is 0.239. The number of allylic oxidation sites excluding steroid dienone is 1. The van der Waals surface area contributed by atoms with Crippen molar-refractivity contribution >= 4 is 28.9 Å². The summed E-state index contributed by atoms with van der Waals surface area (Å²) in [4.78, 5) is 37.9. The van der Waals surface area contributed by atoms with E-state index in [-0.39, 0.29) is 0 Å². The van der Waals surface area contributed by atoms with Crippen LogP contribution in [-0.2, 0) is 31.9 Å². The number of para-hydroxylation sites is 1. The fourth-order valence-electron chi connectivity index (χ4n) is 3.67. The second-order valence-electron chi connectivity index (χ2n) is 7.80. The van der Waals surface area contributed by atoms with Gasteiger partial charge in [-0.05, 0) is 48.7 Å². The Morgan fingerprint density at radius 1 is 1.14 bits per heavy atom. The summed E-state index contributed by atoms with van der Waals surface area (Å²) in [5.41, 5.74) is 1.20. The highest BCUT2D eigenvalue weighted by Gasteiger charge is 2.56. The number of hydrogen-bond donors (Lipinski definition) is 3. The average molecular weight is 503 g/mol. The third-order valence-electron chi connectivity index (χ3n) is 5.48. The minimum absolute atomic E-state index is 0.314. The van der Waals surface area contributed by atoms with Gasteiger partial charge in [0.1, 0.15) is 17.5 Å². The zero-order chi connectivity index (χ0) is 25.5. The van der Waals surface area contributed by atoms with Gasteiger partial charge in [-0.1, -0.05) is 36.4 Å². The topological polar surface area (TPSA) is 142 Å². The van der Waals surface area contributed by atoms with Crippen molar-refractivity contribution in [3.05, 3.63) is 71.8 Å². The molecule has 4 atom stereocenters. The maximum Gasteiger partial charge on any atom is 0.330 e. The summed E-state index contributed by atoms with van der Waals surface area (Å²) in [5.74, 6) is -1.68. The molecule has 1 aliphatic heterocycles. The van der Waals surface area contributed by atoms with Crippen molar-refractivity contribution in [1.82, 2.24) is 10.2 Å². The number of amides is 2. The molecule has 35 heavy (non-hydrogen) atoms. The monoisotopic (exact) mass is 502 g/mol. The molecule has 11 heteroatoms. The largest absolute Gasteiger partial charge is 0.497 e. The molecule has 3 rings (SSSR count). The number of hydrogen-bond acceptors (Lipinski definition) is 6. The highest BCUT2D eigenvalue weighted by atomic mass is 32.2. The van der Waals surface area contributed by atoms with Gasteiger partial charge in [0, 0.05) is 0 Å². The lowest BCUT2D eigenvalue weighted by Crippen LogP contribution is -2.75. The van der Waals surface area contributed by atoms with E-state index in [1.165, 1.54) is 6.92 Å². The van der Waals surface area contributed by atoms with Crippen molar-refractivity contribution < 1.29 is 37.7 Å². The molecule has 1 aliphatic rings. The zero-order valence-electron chi connectivity index (χ0n) is 19.1. The molecule has 0 aromatic heterocycles. The van der Waals surface area contributed by atoms with Gasteiger partial charge >= 0.3 is 5.97 Å². The van der Waals surface area contributed by atoms with Crippen LogP contribution in [0, 0.1) is 0 Å². The van der Waals surface area contributed by atoms with E-state index in [9.17, 15) is 28.3 Å². The highest BCUT2D eigenvalue weighted by molar-refractivity contribution is 7.80. The van der Waals surface area contributed by atoms with Gasteiger partial charge in [-0.15, -0.1) is 0 Å². The second-order valence-corrected chi connectivity index (χ2v) is 8.84. The Hall–Kier alpha value is -3.70. The molecule has 3 N–H and O–H groups in total. The van der Waals surface area contributed by atoms with Crippen LogP contribution in [0.25, 0.3) is 0 Å². The first-order chi connectivity index (χ1) is 16.7. The van der Waals surface area contributed by atoms with Crippen molar-refractivity contribution in [3.63, 3.8) is 0 Å². The number of benzene rings is 2. The number of carboxylic acid groups (broad SMARTS) is 1. The van der Waals surface area contributed by atoms with Gasteiger partial charge < -0.3 is 29.3 Å². The smallest absolute Gasteiger partial charge is 0.330 e. The average Bonchev–Trinajstić information content (AvgIpc) is 2.85. The Morgan fingerprint density at radius 3 is 2.37 bits per heavy atom. The van der Waals surface area contributed by atoms with E-state index in [0.717, 1.165) is 10.5 Å². The molecule has 2 amide bonds. The summed E-state index contributed by atoms with van der Waals surface area (Å²) >= 11 is -2.61. The number of methoxy groups -OCH3 is 1. The van der Waals surface area contributed by atoms with E-state index in [1.807, 2.05) is 12.1 Å². The van der Waals surface area contributed by atoms with Crippen molar-refractivity contribution in [2.24, 2.45) is 0 Å². The summed E-state index contributed by atoms with van der Waals surface area (Å²) in [5, 5.41) is 10.7. The summed E-state index contributed by atoms with van der Waals surface area (Å²) in [7, 11) is 1.55. The lowest BCUT2D eigenvalue weighted by atomic mass is 9.97. The van der Waals surface area contributed by atoms with Gasteiger partial charge in [0.25, 0.3) is 11.8 Å². The van der Waals surface area contributed by atoms with Gasteiger partial charge in [-0.3, -0.25) is 9.59 Å². The summed E-state index contributed by atoms with van der Waals surface area (Å²) in [6.45, 7) is 1.12. The number of ether oxygens (including phenoxy) is 2. The molecule has 0 spiro atoms. The number of likely N-dealkylation sites (tertiary alicyclic amines) is 1. The molecule has 0 aliphatic carbocycles. The Bertz CT molecular complexity index is 1120. The number of nitrogens with zero attached hydrogens (tertiary/aromatic N) is 1. The third kappa shape index (κ3) is 6.25. The van der Waals surface area contributed by atoms with E-state index >= 15 is 0 Å². The molecule has 1 fully saturated rings. The van der Waals surface area contributed by atoms with E-state index < -0.39 is 52.9 Å². The fraction of sp³-hybridized carbons (Fsp3) is 0.292. The maximum absolute atomic E-state index is 12.8. The molecule has 4 unspecified atom stereocenters. The van der Waals surface area contributed by atoms with Crippen molar-refractivity contribution in [2.45, 2.75) is 30.8 Å². The number of aliphatic carboxylic acids is 1.